The summed E-state index contributed by atoms with van der Waals surface area (Å²) in [6.45, 7) is 5.40. The van der Waals surface area contributed by atoms with Gasteiger partial charge in [-0.15, -0.1) is 0 Å². The third kappa shape index (κ3) is 5.31. The minimum Gasteiger partial charge on any atom is -0.376 e. The van der Waals surface area contributed by atoms with Crippen molar-refractivity contribution in [3.8, 4) is 0 Å². The van der Waals surface area contributed by atoms with Crippen molar-refractivity contribution in [2.24, 2.45) is 11.7 Å². The van der Waals surface area contributed by atoms with E-state index in [0.717, 1.165) is 13.0 Å². The largest absolute Gasteiger partial charge is 0.376 e. The van der Waals surface area contributed by atoms with Crippen LogP contribution in [0.4, 0.5) is 0 Å². The number of ether oxygens (including phenoxy) is 1. The van der Waals surface area contributed by atoms with Crippen LogP contribution in [0.5, 0.6) is 0 Å². The van der Waals surface area contributed by atoms with Gasteiger partial charge >= 0.3 is 0 Å². The normalized spacial score (nSPS) is 29.4. The zero-order valence-corrected chi connectivity index (χ0v) is 11.1. The maximum Gasteiger partial charge on any atom is 0.0726 e. The van der Waals surface area contributed by atoms with Crippen LogP contribution in [0.3, 0.4) is 0 Å². The Hall–Kier alpha value is -0.0800. The first-order valence-electron chi connectivity index (χ1n) is 7.11. The van der Waals surface area contributed by atoms with Gasteiger partial charge in [0.25, 0.3) is 0 Å². The number of hydrogen-bond acceptors (Lipinski definition) is 2. The van der Waals surface area contributed by atoms with Gasteiger partial charge in [-0.2, -0.15) is 0 Å². The van der Waals surface area contributed by atoms with Gasteiger partial charge < -0.3 is 10.5 Å². The highest BCUT2D eigenvalue weighted by molar-refractivity contribution is 4.76. The summed E-state index contributed by atoms with van der Waals surface area (Å²) in [7, 11) is 0. The summed E-state index contributed by atoms with van der Waals surface area (Å²) in [6.07, 6.45) is 10.4. The van der Waals surface area contributed by atoms with Crippen molar-refractivity contribution in [3.05, 3.63) is 0 Å². The molecule has 1 rings (SSSR count). The van der Waals surface area contributed by atoms with Crippen LogP contribution in [0.2, 0.25) is 0 Å². The number of nitrogens with two attached hydrogens (primary N) is 1. The van der Waals surface area contributed by atoms with Crippen molar-refractivity contribution in [2.75, 3.05) is 6.61 Å². The summed E-state index contributed by atoms with van der Waals surface area (Å²) in [5.74, 6) is 0.683. The Bertz CT molecular complexity index is 172. The number of hydrogen-bond donors (Lipinski definition) is 1. The van der Waals surface area contributed by atoms with Gasteiger partial charge in [-0.3, -0.25) is 0 Å². The van der Waals surface area contributed by atoms with Crippen LogP contribution in [0.15, 0.2) is 0 Å². The van der Waals surface area contributed by atoms with E-state index in [9.17, 15) is 0 Å². The second-order valence-electron chi connectivity index (χ2n) is 5.42. The van der Waals surface area contributed by atoms with Crippen molar-refractivity contribution in [2.45, 2.75) is 77.4 Å². The molecule has 0 radical (unpaired) electrons. The monoisotopic (exact) mass is 227 g/mol. The average Bonchev–Trinajstić information content (AvgIpc) is 2.23. The molecule has 0 aromatic heterocycles. The Balaban J connectivity index is 2.25. The van der Waals surface area contributed by atoms with Crippen molar-refractivity contribution < 1.29 is 4.74 Å². The average molecular weight is 227 g/mol. The third-order valence-corrected chi connectivity index (χ3v) is 3.63. The van der Waals surface area contributed by atoms with E-state index in [1.165, 1.54) is 44.9 Å². The van der Waals surface area contributed by atoms with Crippen molar-refractivity contribution >= 4 is 0 Å². The van der Waals surface area contributed by atoms with Crippen LogP contribution < -0.4 is 5.73 Å². The minimum atomic E-state index is 0.272. The Labute approximate surface area is 101 Å². The molecule has 0 aromatic carbocycles. The fraction of sp³-hybridized carbons (Fsp3) is 1.00. The Morgan fingerprint density at radius 2 is 1.88 bits per heavy atom. The van der Waals surface area contributed by atoms with E-state index in [1.54, 1.807) is 0 Å². The quantitative estimate of drug-likeness (QED) is 0.780. The van der Waals surface area contributed by atoms with Crippen LogP contribution in [-0.2, 0) is 4.74 Å². The molecule has 0 aliphatic heterocycles. The Kier molecular flexibility index (Phi) is 7.06. The highest BCUT2D eigenvalue weighted by atomic mass is 16.5. The van der Waals surface area contributed by atoms with Crippen LogP contribution in [-0.4, -0.2) is 18.8 Å². The lowest BCUT2D eigenvalue weighted by atomic mass is 9.94. The minimum absolute atomic E-state index is 0.272. The second kappa shape index (κ2) is 8.08. The van der Waals surface area contributed by atoms with E-state index in [4.69, 9.17) is 10.5 Å². The fourth-order valence-corrected chi connectivity index (χ4v) is 2.55. The van der Waals surface area contributed by atoms with Crippen molar-refractivity contribution in [1.82, 2.24) is 0 Å². The predicted octanol–water partition coefficient (Wildman–Crippen LogP) is 3.49. The first-order chi connectivity index (χ1) is 7.74. The van der Waals surface area contributed by atoms with Gasteiger partial charge in [0.1, 0.15) is 0 Å². The molecule has 16 heavy (non-hydrogen) atoms. The van der Waals surface area contributed by atoms with Gasteiger partial charge in [-0.05, 0) is 25.2 Å². The molecule has 0 bridgehead atoms. The SMILES string of the molecule is CCCC(C)COC1CCCCCCC1N. The maximum absolute atomic E-state index is 6.18. The molecule has 96 valence electrons. The van der Waals surface area contributed by atoms with Crippen molar-refractivity contribution in [1.29, 1.82) is 0 Å². The lowest BCUT2D eigenvalue weighted by Gasteiger charge is -2.27. The summed E-state index contributed by atoms with van der Waals surface area (Å²) < 4.78 is 6.02. The molecule has 0 saturated heterocycles. The van der Waals surface area contributed by atoms with Crippen molar-refractivity contribution in [3.63, 3.8) is 0 Å². The topological polar surface area (TPSA) is 35.2 Å². The van der Waals surface area contributed by atoms with Gasteiger partial charge in [0.2, 0.25) is 0 Å². The molecule has 1 aliphatic carbocycles. The number of rotatable bonds is 5. The van der Waals surface area contributed by atoms with Gasteiger partial charge in [0, 0.05) is 12.6 Å². The standard InChI is InChI=1S/C14H29NO/c1-3-8-12(2)11-16-14-10-7-5-4-6-9-13(14)15/h12-14H,3-11,15H2,1-2H3. The lowest BCUT2D eigenvalue weighted by molar-refractivity contribution is 0.00453. The van der Waals surface area contributed by atoms with Gasteiger partial charge in [-0.25, -0.2) is 0 Å². The first kappa shape index (κ1) is 14.0. The van der Waals surface area contributed by atoms with Crippen LogP contribution in [0.1, 0.15) is 65.2 Å². The van der Waals surface area contributed by atoms with E-state index in [0.29, 0.717) is 12.0 Å². The van der Waals surface area contributed by atoms with Crippen LogP contribution in [0, 0.1) is 5.92 Å². The van der Waals surface area contributed by atoms with Gasteiger partial charge in [0.05, 0.1) is 6.10 Å². The summed E-state index contributed by atoms with van der Waals surface area (Å²) in [5, 5.41) is 0. The van der Waals surface area contributed by atoms with E-state index >= 15 is 0 Å². The van der Waals surface area contributed by atoms with Crippen LogP contribution >= 0.6 is 0 Å². The van der Waals surface area contributed by atoms with E-state index < -0.39 is 0 Å². The molecule has 0 aromatic rings. The predicted molar refractivity (Wildman–Crippen MR) is 69.5 cm³/mol. The van der Waals surface area contributed by atoms with E-state index in [2.05, 4.69) is 13.8 Å². The molecular weight excluding hydrogens is 198 g/mol. The molecule has 1 saturated carbocycles. The Morgan fingerprint density at radius 3 is 2.56 bits per heavy atom. The smallest absolute Gasteiger partial charge is 0.0726 e. The first-order valence-corrected chi connectivity index (χ1v) is 7.11. The van der Waals surface area contributed by atoms with E-state index in [-0.39, 0.29) is 6.04 Å². The van der Waals surface area contributed by atoms with Gasteiger partial charge in [-0.1, -0.05) is 46.0 Å². The molecule has 2 N–H and O–H groups in total. The molecule has 3 unspecified atom stereocenters. The van der Waals surface area contributed by atoms with Gasteiger partial charge in [0.15, 0.2) is 0 Å². The van der Waals surface area contributed by atoms with Crippen LogP contribution in [0.25, 0.3) is 0 Å². The molecule has 2 nitrogen and oxygen atoms in total. The highest BCUT2D eigenvalue weighted by Gasteiger charge is 2.20. The maximum atomic E-state index is 6.18. The molecular formula is C14H29NO. The summed E-state index contributed by atoms with van der Waals surface area (Å²) >= 11 is 0. The molecule has 0 amide bonds. The second-order valence-corrected chi connectivity index (χ2v) is 5.42. The molecule has 1 aliphatic rings. The zero-order valence-electron chi connectivity index (χ0n) is 11.1. The Morgan fingerprint density at radius 1 is 1.19 bits per heavy atom. The van der Waals surface area contributed by atoms with E-state index in [1.807, 2.05) is 0 Å². The fourth-order valence-electron chi connectivity index (χ4n) is 2.55. The molecule has 2 heteroatoms. The summed E-state index contributed by atoms with van der Waals surface area (Å²) in [4.78, 5) is 0. The molecule has 3 atom stereocenters. The summed E-state index contributed by atoms with van der Waals surface area (Å²) in [6, 6.07) is 0.272. The molecule has 0 spiro atoms. The lowest BCUT2D eigenvalue weighted by Crippen LogP contribution is -2.38. The summed E-state index contributed by atoms with van der Waals surface area (Å²) in [5.41, 5.74) is 6.18. The molecule has 0 heterocycles. The third-order valence-electron chi connectivity index (χ3n) is 3.63. The zero-order chi connectivity index (χ0) is 11.8. The highest BCUT2D eigenvalue weighted by Crippen LogP contribution is 2.20. The molecule has 1 fully saturated rings.